The summed E-state index contributed by atoms with van der Waals surface area (Å²) in [6, 6.07) is 3.10. The number of nitrogens with two attached hydrogens (primary N) is 1. The zero-order chi connectivity index (χ0) is 11.1. The summed E-state index contributed by atoms with van der Waals surface area (Å²) in [5.74, 6) is 0.0981. The molecule has 0 saturated heterocycles. The lowest BCUT2D eigenvalue weighted by molar-refractivity contribution is 0.0953. The Morgan fingerprint density at radius 1 is 1.60 bits per heavy atom. The maximum Gasteiger partial charge on any atom is 0.269 e. The Morgan fingerprint density at radius 2 is 2.40 bits per heavy atom. The highest BCUT2D eigenvalue weighted by Gasteiger charge is 2.06. The lowest BCUT2D eigenvalue weighted by atomic mass is 10.2. The summed E-state index contributed by atoms with van der Waals surface area (Å²) in [5, 5.41) is 2.70. The molecule has 15 heavy (non-hydrogen) atoms. The molecule has 0 aliphatic rings. The lowest BCUT2D eigenvalue weighted by Crippen LogP contribution is -2.25. The van der Waals surface area contributed by atoms with E-state index in [0.717, 1.165) is 6.42 Å². The van der Waals surface area contributed by atoms with Gasteiger partial charge in [0.05, 0.1) is 5.56 Å². The van der Waals surface area contributed by atoms with Gasteiger partial charge in [0.15, 0.2) is 0 Å². The van der Waals surface area contributed by atoms with Crippen molar-refractivity contribution in [1.29, 1.82) is 0 Å². The van der Waals surface area contributed by atoms with Gasteiger partial charge in [-0.3, -0.25) is 4.79 Å². The van der Waals surface area contributed by atoms with Gasteiger partial charge >= 0.3 is 0 Å². The standard InChI is InChI=1S/C10H12N4O/c1-12-9-4-3-8(7-14-9)10(15)13-6-2-5-11/h3-4,7H,2,5-6,11H2,(H,13,15). The van der Waals surface area contributed by atoms with Crippen LogP contribution in [0.15, 0.2) is 18.3 Å². The summed E-state index contributed by atoms with van der Waals surface area (Å²) in [6.07, 6.45) is 2.14. The predicted octanol–water partition coefficient (Wildman–Crippen LogP) is 0.711. The molecule has 0 unspecified atom stereocenters. The minimum Gasteiger partial charge on any atom is -0.361 e. The zero-order valence-corrected chi connectivity index (χ0v) is 8.23. The third-order valence-corrected chi connectivity index (χ3v) is 1.79. The van der Waals surface area contributed by atoms with Crippen molar-refractivity contribution in [3.8, 4) is 0 Å². The van der Waals surface area contributed by atoms with Crippen LogP contribution < -0.4 is 11.1 Å². The molecule has 0 saturated carbocycles. The molecule has 0 aliphatic heterocycles. The summed E-state index contributed by atoms with van der Waals surface area (Å²) < 4.78 is 0. The minimum atomic E-state index is -0.188. The Hall–Kier alpha value is -1.93. The van der Waals surface area contributed by atoms with Crippen molar-refractivity contribution in [1.82, 2.24) is 10.3 Å². The zero-order valence-electron chi connectivity index (χ0n) is 8.23. The molecule has 78 valence electrons. The third-order valence-electron chi connectivity index (χ3n) is 1.79. The van der Waals surface area contributed by atoms with E-state index in [-0.39, 0.29) is 11.7 Å². The maximum atomic E-state index is 11.4. The van der Waals surface area contributed by atoms with Gasteiger partial charge in [-0.2, -0.15) is 0 Å². The fourth-order valence-electron chi connectivity index (χ4n) is 0.993. The second kappa shape index (κ2) is 5.73. The van der Waals surface area contributed by atoms with E-state index in [0.29, 0.717) is 18.7 Å². The van der Waals surface area contributed by atoms with Crippen LogP contribution in [0.3, 0.4) is 0 Å². The number of amides is 1. The second-order valence-electron chi connectivity index (χ2n) is 2.92. The summed E-state index contributed by atoms with van der Waals surface area (Å²) in [6.45, 7) is 7.81. The topological polar surface area (TPSA) is 72.4 Å². The number of rotatable bonds is 4. The van der Waals surface area contributed by atoms with Crippen LogP contribution in [0, 0.1) is 6.57 Å². The SMILES string of the molecule is [C-]#[N+]c1ccc(C(=O)NCCCN)cn1. The van der Waals surface area contributed by atoms with Crippen molar-refractivity contribution >= 4 is 11.7 Å². The molecule has 0 aliphatic carbocycles. The quantitative estimate of drug-likeness (QED) is 0.560. The van der Waals surface area contributed by atoms with E-state index in [1.807, 2.05) is 0 Å². The fraction of sp³-hybridized carbons (Fsp3) is 0.300. The summed E-state index contributed by atoms with van der Waals surface area (Å²) >= 11 is 0. The molecule has 0 spiro atoms. The van der Waals surface area contributed by atoms with Crippen LogP contribution in [0.1, 0.15) is 16.8 Å². The van der Waals surface area contributed by atoms with E-state index in [1.54, 1.807) is 6.07 Å². The van der Waals surface area contributed by atoms with Gasteiger partial charge in [-0.05, 0) is 19.0 Å². The van der Waals surface area contributed by atoms with Gasteiger partial charge in [0.2, 0.25) is 0 Å². The van der Waals surface area contributed by atoms with Crippen molar-refractivity contribution in [3.63, 3.8) is 0 Å². The number of aromatic nitrogens is 1. The molecule has 0 fully saturated rings. The molecule has 0 bridgehead atoms. The Labute approximate surface area is 88.1 Å². The Bertz CT molecular complexity index is 366. The highest BCUT2D eigenvalue weighted by Crippen LogP contribution is 2.07. The van der Waals surface area contributed by atoms with E-state index >= 15 is 0 Å². The molecule has 3 N–H and O–H groups in total. The average Bonchev–Trinajstić information content (AvgIpc) is 2.29. The highest BCUT2D eigenvalue weighted by atomic mass is 16.1. The minimum absolute atomic E-state index is 0.188. The van der Waals surface area contributed by atoms with Gasteiger partial charge in [0, 0.05) is 6.54 Å². The molecule has 1 aromatic rings. The molecule has 5 heteroatoms. The van der Waals surface area contributed by atoms with Gasteiger partial charge in [-0.1, -0.05) is 12.6 Å². The van der Waals surface area contributed by atoms with Crippen LogP contribution in [0.5, 0.6) is 0 Å². The number of carbonyl (C=O) groups is 1. The fourth-order valence-corrected chi connectivity index (χ4v) is 0.993. The number of nitrogens with zero attached hydrogens (tertiary/aromatic N) is 2. The smallest absolute Gasteiger partial charge is 0.269 e. The summed E-state index contributed by atoms with van der Waals surface area (Å²) in [4.78, 5) is 18.4. The van der Waals surface area contributed by atoms with Crippen molar-refractivity contribution in [2.75, 3.05) is 13.1 Å². The van der Waals surface area contributed by atoms with Crippen LogP contribution in [-0.4, -0.2) is 24.0 Å². The molecule has 1 rings (SSSR count). The van der Waals surface area contributed by atoms with Crippen molar-refractivity contribution in [2.45, 2.75) is 6.42 Å². The molecule has 1 aromatic heterocycles. The lowest BCUT2D eigenvalue weighted by Gasteiger charge is -2.02. The van der Waals surface area contributed by atoms with E-state index in [9.17, 15) is 4.79 Å². The van der Waals surface area contributed by atoms with Crippen LogP contribution in [0.4, 0.5) is 5.82 Å². The number of carbonyl (C=O) groups excluding carboxylic acids is 1. The van der Waals surface area contributed by atoms with Crippen LogP contribution in [0.2, 0.25) is 0 Å². The van der Waals surface area contributed by atoms with Crippen LogP contribution in [0.25, 0.3) is 4.85 Å². The molecule has 1 heterocycles. The molecule has 1 amide bonds. The molecule has 5 nitrogen and oxygen atoms in total. The van der Waals surface area contributed by atoms with E-state index in [4.69, 9.17) is 12.3 Å². The first kappa shape index (κ1) is 11.1. The first-order valence-corrected chi connectivity index (χ1v) is 4.59. The monoisotopic (exact) mass is 204 g/mol. The van der Waals surface area contributed by atoms with E-state index in [1.165, 1.54) is 12.3 Å². The maximum absolute atomic E-state index is 11.4. The van der Waals surface area contributed by atoms with Gasteiger partial charge in [0.1, 0.15) is 6.20 Å². The summed E-state index contributed by atoms with van der Waals surface area (Å²) in [5.41, 5.74) is 5.75. The average molecular weight is 204 g/mol. The number of nitrogens with one attached hydrogen (secondary N) is 1. The first-order chi connectivity index (χ1) is 7.27. The van der Waals surface area contributed by atoms with Gasteiger partial charge in [0.25, 0.3) is 11.7 Å². The molecule has 0 aromatic carbocycles. The number of hydrogen-bond donors (Lipinski definition) is 2. The first-order valence-electron chi connectivity index (χ1n) is 4.59. The number of pyridine rings is 1. The van der Waals surface area contributed by atoms with Crippen molar-refractivity contribution in [3.05, 3.63) is 35.3 Å². The van der Waals surface area contributed by atoms with Crippen molar-refractivity contribution in [2.24, 2.45) is 5.73 Å². The van der Waals surface area contributed by atoms with Crippen LogP contribution in [-0.2, 0) is 0 Å². The Balaban J connectivity index is 2.55. The molecule has 0 atom stereocenters. The highest BCUT2D eigenvalue weighted by molar-refractivity contribution is 5.94. The van der Waals surface area contributed by atoms with E-state index in [2.05, 4.69) is 15.1 Å². The van der Waals surface area contributed by atoms with E-state index < -0.39 is 0 Å². The Morgan fingerprint density at radius 3 is 2.93 bits per heavy atom. The number of hydrogen-bond acceptors (Lipinski definition) is 3. The van der Waals surface area contributed by atoms with Gasteiger partial charge < -0.3 is 15.9 Å². The third kappa shape index (κ3) is 3.37. The molecular weight excluding hydrogens is 192 g/mol. The molecule has 0 radical (unpaired) electrons. The second-order valence-corrected chi connectivity index (χ2v) is 2.92. The molecular formula is C10H12N4O. The normalized spacial score (nSPS) is 9.33. The predicted molar refractivity (Wildman–Crippen MR) is 56.5 cm³/mol. The van der Waals surface area contributed by atoms with Gasteiger partial charge in [-0.15, -0.1) is 4.98 Å². The van der Waals surface area contributed by atoms with Crippen LogP contribution >= 0.6 is 0 Å². The largest absolute Gasteiger partial charge is 0.361 e. The van der Waals surface area contributed by atoms with Crippen molar-refractivity contribution < 1.29 is 4.79 Å². The summed E-state index contributed by atoms with van der Waals surface area (Å²) in [7, 11) is 0. The van der Waals surface area contributed by atoms with Gasteiger partial charge in [-0.25, -0.2) is 0 Å². The Kier molecular flexibility index (Phi) is 4.26.